The quantitative estimate of drug-likeness (QED) is 0.649. The van der Waals surface area contributed by atoms with Crippen molar-refractivity contribution in [1.82, 2.24) is 0 Å². The minimum absolute atomic E-state index is 1.26. The molecule has 102 valence electrons. The van der Waals surface area contributed by atoms with E-state index in [9.17, 15) is 0 Å². The first kappa shape index (κ1) is 13.1. The van der Waals surface area contributed by atoms with Crippen LogP contribution in [0.1, 0.15) is 5.56 Å². The fourth-order valence-electron chi connectivity index (χ4n) is 2.54. The van der Waals surface area contributed by atoms with Crippen LogP contribution >= 0.6 is 11.3 Å². The summed E-state index contributed by atoms with van der Waals surface area (Å²) in [5.41, 5.74) is 5.15. The van der Waals surface area contributed by atoms with Crippen LogP contribution in [0.2, 0.25) is 0 Å². The van der Waals surface area contributed by atoms with E-state index in [1.807, 2.05) is 11.3 Å². The standard InChI is InChI=1S/C17H19N2S/c1-12-9-10-15-16(11-12)20-17(19(15)4)13-7-5-6-8-14(13)18(2)3/h5-11H,1-4H3/q+1. The lowest BCUT2D eigenvalue weighted by Gasteiger charge is -2.14. The van der Waals surface area contributed by atoms with E-state index >= 15 is 0 Å². The summed E-state index contributed by atoms with van der Waals surface area (Å²) in [5.74, 6) is 0. The maximum Gasteiger partial charge on any atom is 0.271 e. The molecule has 0 aliphatic heterocycles. The molecule has 3 rings (SSSR count). The van der Waals surface area contributed by atoms with E-state index in [0.29, 0.717) is 0 Å². The highest BCUT2D eigenvalue weighted by atomic mass is 32.1. The molecule has 0 bridgehead atoms. The van der Waals surface area contributed by atoms with Crippen LogP contribution in [-0.4, -0.2) is 14.1 Å². The second-order valence-corrected chi connectivity index (χ2v) is 6.38. The zero-order chi connectivity index (χ0) is 14.3. The normalized spacial score (nSPS) is 11.0. The first-order valence-corrected chi connectivity index (χ1v) is 7.55. The first-order chi connectivity index (χ1) is 9.58. The van der Waals surface area contributed by atoms with E-state index in [1.165, 1.54) is 32.0 Å². The van der Waals surface area contributed by atoms with Crippen molar-refractivity contribution in [3.8, 4) is 10.6 Å². The van der Waals surface area contributed by atoms with E-state index in [1.54, 1.807) is 0 Å². The summed E-state index contributed by atoms with van der Waals surface area (Å²) in [6.07, 6.45) is 0. The molecule has 0 radical (unpaired) electrons. The average molecular weight is 283 g/mol. The highest BCUT2D eigenvalue weighted by Crippen LogP contribution is 2.34. The predicted octanol–water partition coefficient (Wildman–Crippen LogP) is 3.77. The molecular weight excluding hydrogens is 264 g/mol. The average Bonchev–Trinajstić information content (AvgIpc) is 2.75. The molecule has 0 saturated carbocycles. The first-order valence-electron chi connectivity index (χ1n) is 6.74. The monoisotopic (exact) mass is 283 g/mol. The Morgan fingerprint density at radius 2 is 1.80 bits per heavy atom. The largest absolute Gasteiger partial charge is 0.377 e. The number of para-hydroxylation sites is 1. The Kier molecular flexibility index (Phi) is 3.22. The summed E-state index contributed by atoms with van der Waals surface area (Å²) in [6, 6.07) is 15.2. The van der Waals surface area contributed by atoms with Gasteiger partial charge in [0.05, 0.1) is 11.3 Å². The SMILES string of the molecule is Cc1ccc2c(c1)sc(-c1ccccc1N(C)C)[n+]2C. The van der Waals surface area contributed by atoms with Gasteiger partial charge < -0.3 is 4.90 Å². The number of aryl methyl sites for hydroxylation is 2. The molecule has 0 atom stereocenters. The number of nitrogens with zero attached hydrogens (tertiary/aromatic N) is 2. The van der Waals surface area contributed by atoms with Crippen LogP contribution in [0, 0.1) is 6.92 Å². The van der Waals surface area contributed by atoms with Gasteiger partial charge in [0.25, 0.3) is 5.01 Å². The highest BCUT2D eigenvalue weighted by Gasteiger charge is 2.21. The number of hydrogen-bond acceptors (Lipinski definition) is 2. The Balaban J connectivity index is 2.27. The molecule has 3 aromatic rings. The van der Waals surface area contributed by atoms with Gasteiger partial charge in [-0.25, -0.2) is 0 Å². The summed E-state index contributed by atoms with van der Waals surface area (Å²) in [6.45, 7) is 2.15. The molecule has 0 spiro atoms. The second-order valence-electron chi connectivity index (χ2n) is 5.35. The van der Waals surface area contributed by atoms with E-state index in [0.717, 1.165) is 0 Å². The van der Waals surface area contributed by atoms with Crippen LogP contribution in [0.15, 0.2) is 42.5 Å². The Morgan fingerprint density at radius 3 is 2.55 bits per heavy atom. The molecule has 0 N–H and O–H groups in total. The zero-order valence-corrected chi connectivity index (χ0v) is 13.2. The second kappa shape index (κ2) is 4.91. The van der Waals surface area contributed by atoms with Crippen molar-refractivity contribution in [3.63, 3.8) is 0 Å². The van der Waals surface area contributed by atoms with Crippen molar-refractivity contribution in [2.24, 2.45) is 7.05 Å². The molecule has 0 aliphatic rings. The summed E-state index contributed by atoms with van der Waals surface area (Å²) in [4.78, 5) is 2.17. The molecule has 20 heavy (non-hydrogen) atoms. The molecule has 0 fully saturated rings. The third-order valence-electron chi connectivity index (χ3n) is 3.60. The van der Waals surface area contributed by atoms with Crippen LogP contribution in [0.3, 0.4) is 0 Å². The van der Waals surface area contributed by atoms with Crippen molar-refractivity contribution < 1.29 is 4.57 Å². The Hall–Kier alpha value is -1.87. The fourth-order valence-corrected chi connectivity index (χ4v) is 3.82. The lowest BCUT2D eigenvalue weighted by atomic mass is 10.1. The molecule has 3 heteroatoms. The summed E-state index contributed by atoms with van der Waals surface area (Å²) < 4.78 is 3.64. The van der Waals surface area contributed by atoms with Crippen molar-refractivity contribution in [2.45, 2.75) is 6.92 Å². The van der Waals surface area contributed by atoms with Gasteiger partial charge in [-0.1, -0.05) is 29.5 Å². The maximum atomic E-state index is 2.29. The van der Waals surface area contributed by atoms with Gasteiger partial charge in [0.15, 0.2) is 0 Å². The number of benzene rings is 2. The number of anilines is 1. The number of aromatic nitrogens is 1. The van der Waals surface area contributed by atoms with Crippen LogP contribution in [0.4, 0.5) is 5.69 Å². The van der Waals surface area contributed by atoms with Gasteiger partial charge in [-0.05, 0) is 30.7 Å². The van der Waals surface area contributed by atoms with Crippen LogP contribution in [0.25, 0.3) is 20.8 Å². The molecule has 2 aromatic carbocycles. The minimum atomic E-state index is 1.26. The van der Waals surface area contributed by atoms with Crippen molar-refractivity contribution in [3.05, 3.63) is 48.0 Å². The van der Waals surface area contributed by atoms with E-state index in [4.69, 9.17) is 0 Å². The Bertz CT molecular complexity index is 772. The predicted molar refractivity (Wildman–Crippen MR) is 87.5 cm³/mol. The van der Waals surface area contributed by atoms with E-state index < -0.39 is 0 Å². The Morgan fingerprint density at radius 1 is 1.05 bits per heavy atom. The smallest absolute Gasteiger partial charge is 0.271 e. The van der Waals surface area contributed by atoms with Gasteiger partial charge in [-0.3, -0.25) is 0 Å². The van der Waals surface area contributed by atoms with Crippen molar-refractivity contribution in [1.29, 1.82) is 0 Å². The van der Waals surface area contributed by atoms with Crippen LogP contribution < -0.4 is 9.47 Å². The zero-order valence-electron chi connectivity index (χ0n) is 12.3. The third kappa shape index (κ3) is 2.08. The van der Waals surface area contributed by atoms with Gasteiger partial charge in [0.1, 0.15) is 11.7 Å². The maximum absolute atomic E-state index is 2.29. The van der Waals surface area contributed by atoms with Crippen molar-refractivity contribution >= 4 is 27.2 Å². The molecule has 2 nitrogen and oxygen atoms in total. The Labute approximate surface area is 123 Å². The number of thiazole rings is 1. The summed E-state index contributed by atoms with van der Waals surface area (Å²) in [5, 5.41) is 1.30. The number of hydrogen-bond donors (Lipinski definition) is 0. The molecule has 0 saturated heterocycles. The lowest BCUT2D eigenvalue weighted by Crippen LogP contribution is -2.28. The van der Waals surface area contributed by atoms with Crippen LogP contribution in [-0.2, 0) is 7.05 Å². The molecular formula is C17H19N2S+. The minimum Gasteiger partial charge on any atom is -0.377 e. The molecule has 0 amide bonds. The van der Waals surface area contributed by atoms with Gasteiger partial charge in [0.2, 0.25) is 5.52 Å². The summed E-state index contributed by atoms with van der Waals surface area (Å²) >= 11 is 1.86. The topological polar surface area (TPSA) is 7.12 Å². The molecule has 1 heterocycles. The van der Waals surface area contributed by atoms with E-state index in [2.05, 4.69) is 80.0 Å². The molecule has 1 aromatic heterocycles. The molecule has 0 unspecified atom stereocenters. The number of rotatable bonds is 2. The van der Waals surface area contributed by atoms with Gasteiger partial charge >= 0.3 is 0 Å². The fraction of sp³-hybridized carbons (Fsp3) is 0.235. The van der Waals surface area contributed by atoms with Gasteiger partial charge in [-0.2, -0.15) is 4.57 Å². The van der Waals surface area contributed by atoms with Crippen LogP contribution in [0.5, 0.6) is 0 Å². The number of fused-ring (bicyclic) bond motifs is 1. The molecule has 0 aliphatic carbocycles. The van der Waals surface area contributed by atoms with Crippen molar-refractivity contribution in [2.75, 3.05) is 19.0 Å². The van der Waals surface area contributed by atoms with E-state index in [-0.39, 0.29) is 0 Å². The third-order valence-corrected chi connectivity index (χ3v) is 4.84. The van der Waals surface area contributed by atoms with Gasteiger partial charge in [0, 0.05) is 20.2 Å². The lowest BCUT2D eigenvalue weighted by molar-refractivity contribution is -0.629. The van der Waals surface area contributed by atoms with Gasteiger partial charge in [-0.15, -0.1) is 0 Å². The summed E-state index contributed by atoms with van der Waals surface area (Å²) in [7, 11) is 6.34. The highest BCUT2D eigenvalue weighted by molar-refractivity contribution is 7.21.